The fourth-order valence-electron chi connectivity index (χ4n) is 2.29. The standard InChI is InChI=1S/C15H21N3OS2/c1-2-13-9-18(7-8-21-13)10-14(19)17-12-5-3-11(4-6-12)15(16)20/h3-6,13H,2,7-10H2,1H3,(H2,16,20)(H,17,19). The second kappa shape index (κ2) is 7.77. The lowest BCUT2D eigenvalue weighted by Gasteiger charge is -2.31. The van der Waals surface area contributed by atoms with Crippen molar-refractivity contribution < 1.29 is 4.79 Å². The van der Waals surface area contributed by atoms with E-state index in [-0.39, 0.29) is 5.91 Å². The van der Waals surface area contributed by atoms with E-state index >= 15 is 0 Å². The first kappa shape index (κ1) is 16.3. The average Bonchev–Trinajstić information content (AvgIpc) is 2.47. The number of thioether (sulfide) groups is 1. The lowest BCUT2D eigenvalue weighted by atomic mass is 10.2. The Morgan fingerprint density at radius 3 is 2.81 bits per heavy atom. The molecule has 1 unspecified atom stereocenters. The molecule has 4 nitrogen and oxygen atoms in total. The number of amides is 1. The van der Waals surface area contributed by atoms with Gasteiger partial charge in [0, 0.05) is 35.3 Å². The van der Waals surface area contributed by atoms with Crippen LogP contribution in [0.2, 0.25) is 0 Å². The van der Waals surface area contributed by atoms with Crippen molar-refractivity contribution in [2.45, 2.75) is 18.6 Å². The van der Waals surface area contributed by atoms with Gasteiger partial charge in [-0.15, -0.1) is 0 Å². The average molecular weight is 323 g/mol. The molecular weight excluding hydrogens is 302 g/mol. The minimum atomic E-state index is 0.0276. The van der Waals surface area contributed by atoms with Crippen molar-refractivity contribution in [1.82, 2.24) is 4.90 Å². The molecule has 1 amide bonds. The van der Waals surface area contributed by atoms with Gasteiger partial charge in [-0.05, 0) is 30.7 Å². The number of nitrogens with one attached hydrogen (secondary N) is 1. The van der Waals surface area contributed by atoms with Crippen LogP contribution in [0.5, 0.6) is 0 Å². The first-order chi connectivity index (χ1) is 10.1. The molecule has 2 rings (SSSR count). The third kappa shape index (κ3) is 4.98. The lowest BCUT2D eigenvalue weighted by Crippen LogP contribution is -2.42. The van der Waals surface area contributed by atoms with E-state index in [1.165, 1.54) is 0 Å². The number of anilines is 1. The Morgan fingerprint density at radius 1 is 1.48 bits per heavy atom. The fraction of sp³-hybridized carbons (Fsp3) is 0.467. The molecule has 1 atom stereocenters. The summed E-state index contributed by atoms with van der Waals surface area (Å²) in [6, 6.07) is 7.30. The summed E-state index contributed by atoms with van der Waals surface area (Å²) in [5.74, 6) is 1.13. The molecule has 6 heteroatoms. The molecule has 0 radical (unpaired) electrons. The van der Waals surface area contributed by atoms with Crippen molar-refractivity contribution >= 4 is 40.6 Å². The molecule has 1 heterocycles. The maximum absolute atomic E-state index is 12.1. The number of rotatable bonds is 5. The fourth-order valence-corrected chi connectivity index (χ4v) is 3.68. The second-order valence-electron chi connectivity index (χ2n) is 5.13. The predicted molar refractivity (Wildman–Crippen MR) is 93.9 cm³/mol. The quantitative estimate of drug-likeness (QED) is 0.813. The molecule has 0 spiro atoms. The van der Waals surface area contributed by atoms with Gasteiger partial charge >= 0.3 is 0 Å². The Morgan fingerprint density at radius 2 is 2.19 bits per heavy atom. The molecule has 0 saturated carbocycles. The molecule has 1 aliphatic heterocycles. The summed E-state index contributed by atoms with van der Waals surface area (Å²) in [5.41, 5.74) is 7.13. The van der Waals surface area contributed by atoms with E-state index in [1.807, 2.05) is 36.0 Å². The summed E-state index contributed by atoms with van der Waals surface area (Å²) >= 11 is 6.91. The zero-order valence-electron chi connectivity index (χ0n) is 12.2. The Kier molecular flexibility index (Phi) is 6.02. The Bertz CT molecular complexity index is 504. The van der Waals surface area contributed by atoms with Crippen LogP contribution < -0.4 is 11.1 Å². The van der Waals surface area contributed by atoms with Crippen molar-refractivity contribution in [3.63, 3.8) is 0 Å². The highest BCUT2D eigenvalue weighted by atomic mass is 32.2. The molecule has 114 valence electrons. The number of thiocarbonyl (C=S) groups is 1. The summed E-state index contributed by atoms with van der Waals surface area (Å²) in [4.78, 5) is 14.7. The van der Waals surface area contributed by atoms with E-state index in [4.69, 9.17) is 18.0 Å². The van der Waals surface area contributed by atoms with E-state index in [2.05, 4.69) is 17.1 Å². The molecule has 21 heavy (non-hydrogen) atoms. The molecule has 3 N–H and O–H groups in total. The normalized spacial score (nSPS) is 19.2. The molecular formula is C15H21N3OS2. The van der Waals surface area contributed by atoms with Gasteiger partial charge in [-0.1, -0.05) is 19.1 Å². The maximum Gasteiger partial charge on any atom is 0.238 e. The summed E-state index contributed by atoms with van der Waals surface area (Å²) in [5, 5.41) is 3.57. The highest BCUT2D eigenvalue weighted by Crippen LogP contribution is 2.20. The molecule has 0 bridgehead atoms. The molecule has 1 saturated heterocycles. The number of carbonyl (C=O) groups is 1. The Hall–Kier alpha value is -1.11. The first-order valence-electron chi connectivity index (χ1n) is 7.12. The third-order valence-corrected chi connectivity index (χ3v) is 5.11. The molecule has 0 aromatic heterocycles. The van der Waals surface area contributed by atoms with Crippen LogP contribution in [-0.2, 0) is 4.79 Å². The maximum atomic E-state index is 12.1. The zero-order chi connectivity index (χ0) is 15.2. The van der Waals surface area contributed by atoms with E-state index < -0.39 is 0 Å². The number of benzene rings is 1. The third-order valence-electron chi connectivity index (χ3n) is 3.50. The van der Waals surface area contributed by atoms with Gasteiger partial charge in [-0.25, -0.2) is 0 Å². The minimum absolute atomic E-state index is 0.0276. The van der Waals surface area contributed by atoms with Crippen LogP contribution in [-0.4, -0.2) is 46.4 Å². The Labute approximate surface area is 135 Å². The lowest BCUT2D eigenvalue weighted by molar-refractivity contribution is -0.117. The van der Waals surface area contributed by atoms with Crippen LogP contribution in [0, 0.1) is 0 Å². The summed E-state index contributed by atoms with van der Waals surface area (Å²) in [6.07, 6.45) is 1.16. The summed E-state index contributed by atoms with van der Waals surface area (Å²) < 4.78 is 0. The van der Waals surface area contributed by atoms with Crippen molar-refractivity contribution in [3.05, 3.63) is 29.8 Å². The van der Waals surface area contributed by atoms with Crippen molar-refractivity contribution in [2.75, 3.05) is 30.7 Å². The number of nitrogens with zero attached hydrogens (tertiary/aromatic N) is 1. The number of carbonyl (C=O) groups excluding carboxylic acids is 1. The largest absolute Gasteiger partial charge is 0.389 e. The van der Waals surface area contributed by atoms with Crippen LogP contribution >= 0.6 is 24.0 Å². The van der Waals surface area contributed by atoms with Gasteiger partial charge in [0.05, 0.1) is 6.54 Å². The molecule has 1 fully saturated rings. The van der Waals surface area contributed by atoms with E-state index in [0.717, 1.165) is 36.5 Å². The smallest absolute Gasteiger partial charge is 0.238 e. The highest BCUT2D eigenvalue weighted by Gasteiger charge is 2.20. The van der Waals surface area contributed by atoms with Crippen LogP contribution in [0.1, 0.15) is 18.9 Å². The minimum Gasteiger partial charge on any atom is -0.389 e. The van der Waals surface area contributed by atoms with Crippen LogP contribution in [0.15, 0.2) is 24.3 Å². The van der Waals surface area contributed by atoms with E-state index in [9.17, 15) is 4.79 Å². The van der Waals surface area contributed by atoms with Crippen molar-refractivity contribution in [2.24, 2.45) is 5.73 Å². The van der Waals surface area contributed by atoms with Gasteiger partial charge in [-0.2, -0.15) is 11.8 Å². The van der Waals surface area contributed by atoms with Gasteiger partial charge in [0.25, 0.3) is 0 Å². The number of hydrogen-bond donors (Lipinski definition) is 2. The number of hydrogen-bond acceptors (Lipinski definition) is 4. The SMILES string of the molecule is CCC1CN(CC(=O)Nc2ccc(C(N)=S)cc2)CCS1. The monoisotopic (exact) mass is 323 g/mol. The highest BCUT2D eigenvalue weighted by molar-refractivity contribution is 8.00. The van der Waals surface area contributed by atoms with Crippen LogP contribution in [0.4, 0.5) is 5.69 Å². The molecule has 0 aliphatic carbocycles. The summed E-state index contributed by atoms with van der Waals surface area (Å²) in [6.45, 7) is 4.63. The number of nitrogens with two attached hydrogens (primary N) is 1. The topological polar surface area (TPSA) is 58.4 Å². The molecule has 1 aromatic carbocycles. The van der Waals surface area contributed by atoms with Crippen molar-refractivity contribution in [1.29, 1.82) is 0 Å². The molecule has 1 aromatic rings. The van der Waals surface area contributed by atoms with Crippen molar-refractivity contribution in [3.8, 4) is 0 Å². The van der Waals surface area contributed by atoms with Crippen LogP contribution in [0.3, 0.4) is 0 Å². The van der Waals surface area contributed by atoms with E-state index in [1.54, 1.807) is 0 Å². The van der Waals surface area contributed by atoms with Gasteiger partial charge in [0.1, 0.15) is 4.99 Å². The van der Waals surface area contributed by atoms with Gasteiger partial charge in [0.15, 0.2) is 0 Å². The second-order valence-corrected chi connectivity index (χ2v) is 6.97. The van der Waals surface area contributed by atoms with Gasteiger partial charge < -0.3 is 11.1 Å². The predicted octanol–water partition coefficient (Wildman–Crippen LogP) is 2.09. The molecule has 1 aliphatic rings. The van der Waals surface area contributed by atoms with E-state index in [0.29, 0.717) is 16.8 Å². The van der Waals surface area contributed by atoms with Crippen LogP contribution in [0.25, 0.3) is 0 Å². The Balaban J connectivity index is 1.85. The van der Waals surface area contributed by atoms with Gasteiger partial charge in [-0.3, -0.25) is 9.69 Å². The van der Waals surface area contributed by atoms with Gasteiger partial charge in [0.2, 0.25) is 5.91 Å². The first-order valence-corrected chi connectivity index (χ1v) is 8.58. The zero-order valence-corrected chi connectivity index (χ0v) is 13.8. The summed E-state index contributed by atoms with van der Waals surface area (Å²) in [7, 11) is 0.